The quantitative estimate of drug-likeness (QED) is 0.731. The van der Waals surface area contributed by atoms with E-state index < -0.39 is 0 Å². The molecule has 0 bridgehead atoms. The minimum atomic E-state index is -0.372. The van der Waals surface area contributed by atoms with Crippen molar-refractivity contribution in [3.8, 4) is 17.9 Å². The zero-order valence-electron chi connectivity index (χ0n) is 11.8. The van der Waals surface area contributed by atoms with Crippen LogP contribution in [0.2, 0.25) is 0 Å². The fourth-order valence-corrected chi connectivity index (χ4v) is 3.08. The molecule has 0 spiro atoms. The largest absolute Gasteiger partial charge is 0.392 e. The van der Waals surface area contributed by atoms with Gasteiger partial charge in [0.05, 0.1) is 24.8 Å². The van der Waals surface area contributed by atoms with Crippen LogP contribution >= 0.6 is 0 Å². The second kappa shape index (κ2) is 6.74. The van der Waals surface area contributed by atoms with E-state index in [1.165, 1.54) is 0 Å². The highest BCUT2D eigenvalue weighted by atomic mass is 16.3. The molecule has 2 fully saturated rings. The molecule has 2 rings (SSSR count). The molecule has 2 N–H and O–H groups in total. The van der Waals surface area contributed by atoms with Gasteiger partial charge in [-0.25, -0.2) is 0 Å². The first-order chi connectivity index (χ1) is 9.67. The van der Waals surface area contributed by atoms with Crippen LogP contribution in [0.25, 0.3) is 0 Å². The summed E-state index contributed by atoms with van der Waals surface area (Å²) in [6.45, 7) is 1.91. The number of nitrogens with one attached hydrogen (secondary N) is 1. The summed E-state index contributed by atoms with van der Waals surface area (Å²) < 4.78 is 0. The van der Waals surface area contributed by atoms with Gasteiger partial charge in [0.25, 0.3) is 0 Å². The van der Waals surface area contributed by atoms with Crippen molar-refractivity contribution < 1.29 is 9.90 Å². The number of carbonyl (C=O) groups is 1. The van der Waals surface area contributed by atoms with Crippen molar-refractivity contribution in [1.29, 1.82) is 5.26 Å². The molecule has 4 atom stereocenters. The Kier molecular flexibility index (Phi) is 5.00. The molecule has 1 heterocycles. The molecule has 0 radical (unpaired) electrons. The highest BCUT2D eigenvalue weighted by molar-refractivity contribution is 5.80. The van der Waals surface area contributed by atoms with Gasteiger partial charge in [-0.3, -0.25) is 4.79 Å². The van der Waals surface area contributed by atoms with E-state index in [1.807, 2.05) is 0 Å². The zero-order chi connectivity index (χ0) is 14.5. The van der Waals surface area contributed by atoms with Gasteiger partial charge in [0, 0.05) is 6.04 Å². The molecule has 5 heteroatoms. The molecule has 0 aromatic carbocycles. The highest BCUT2D eigenvalue weighted by Gasteiger charge is 2.36. The molecule has 108 valence electrons. The third kappa shape index (κ3) is 3.12. The number of likely N-dealkylation sites (tertiary alicyclic amines) is 1. The van der Waals surface area contributed by atoms with E-state index in [0.29, 0.717) is 6.42 Å². The Morgan fingerprint density at radius 3 is 2.70 bits per heavy atom. The Morgan fingerprint density at radius 1 is 1.35 bits per heavy atom. The van der Waals surface area contributed by atoms with Gasteiger partial charge < -0.3 is 15.3 Å². The number of amides is 1. The van der Waals surface area contributed by atoms with Crippen molar-refractivity contribution >= 4 is 5.91 Å². The summed E-state index contributed by atoms with van der Waals surface area (Å²) in [5.74, 6) is 5.74. The lowest BCUT2D eigenvalue weighted by molar-refractivity contribution is -0.131. The van der Waals surface area contributed by atoms with Gasteiger partial charge in [-0.2, -0.15) is 5.26 Å². The zero-order valence-corrected chi connectivity index (χ0v) is 11.8. The van der Waals surface area contributed by atoms with Crippen LogP contribution in [-0.4, -0.2) is 46.7 Å². The number of carbonyl (C=O) groups excluding carboxylic acids is 1. The number of aliphatic hydroxyl groups excluding tert-OH is 1. The maximum absolute atomic E-state index is 12.3. The number of nitriles is 1. The Balaban J connectivity index is 1.94. The van der Waals surface area contributed by atoms with Crippen LogP contribution in [0.3, 0.4) is 0 Å². The maximum Gasteiger partial charge on any atom is 0.238 e. The molecule has 3 unspecified atom stereocenters. The Morgan fingerprint density at radius 2 is 2.10 bits per heavy atom. The Labute approximate surface area is 119 Å². The molecular weight excluding hydrogens is 254 g/mol. The first-order valence-corrected chi connectivity index (χ1v) is 7.22. The van der Waals surface area contributed by atoms with Gasteiger partial charge >= 0.3 is 0 Å². The van der Waals surface area contributed by atoms with Gasteiger partial charge in [-0.05, 0) is 39.0 Å². The third-order valence-electron chi connectivity index (χ3n) is 4.13. The van der Waals surface area contributed by atoms with E-state index in [9.17, 15) is 9.90 Å². The molecule has 0 aromatic rings. The van der Waals surface area contributed by atoms with Gasteiger partial charge in [-0.15, -0.1) is 5.92 Å². The molecule has 1 saturated heterocycles. The van der Waals surface area contributed by atoms with E-state index >= 15 is 0 Å². The summed E-state index contributed by atoms with van der Waals surface area (Å²) in [6, 6.07) is 1.66. The molecule has 20 heavy (non-hydrogen) atoms. The van der Waals surface area contributed by atoms with Crippen LogP contribution < -0.4 is 5.32 Å². The van der Waals surface area contributed by atoms with Crippen molar-refractivity contribution in [2.45, 2.75) is 63.3 Å². The normalized spacial score (nSPS) is 32.5. The lowest BCUT2D eigenvalue weighted by Gasteiger charge is -2.25. The minimum absolute atomic E-state index is 0.00204. The fraction of sp³-hybridized carbons (Fsp3) is 0.733. The maximum atomic E-state index is 12.3. The van der Waals surface area contributed by atoms with Crippen LogP contribution in [0.5, 0.6) is 0 Å². The summed E-state index contributed by atoms with van der Waals surface area (Å²) in [7, 11) is 0. The molecular formula is C15H21N3O2. The van der Waals surface area contributed by atoms with Crippen LogP contribution in [0, 0.1) is 23.2 Å². The molecule has 1 saturated carbocycles. The summed E-state index contributed by atoms with van der Waals surface area (Å²) in [6.07, 6.45) is 3.76. The topological polar surface area (TPSA) is 76.4 Å². The average molecular weight is 275 g/mol. The van der Waals surface area contributed by atoms with Gasteiger partial charge in [0.15, 0.2) is 0 Å². The molecule has 2 aliphatic rings. The van der Waals surface area contributed by atoms with Crippen LogP contribution in [0.4, 0.5) is 0 Å². The first kappa shape index (κ1) is 14.8. The third-order valence-corrected chi connectivity index (χ3v) is 4.13. The van der Waals surface area contributed by atoms with Crippen LogP contribution in [-0.2, 0) is 4.79 Å². The number of hydrogen-bond acceptors (Lipinski definition) is 4. The van der Waals surface area contributed by atoms with E-state index in [1.54, 1.807) is 11.8 Å². The van der Waals surface area contributed by atoms with Crippen molar-refractivity contribution in [2.75, 3.05) is 6.54 Å². The van der Waals surface area contributed by atoms with Crippen molar-refractivity contribution in [2.24, 2.45) is 0 Å². The number of hydrogen-bond donors (Lipinski definition) is 2. The van der Waals surface area contributed by atoms with E-state index in [0.717, 1.165) is 25.7 Å². The van der Waals surface area contributed by atoms with Crippen molar-refractivity contribution in [3.05, 3.63) is 0 Å². The smallest absolute Gasteiger partial charge is 0.238 e. The highest BCUT2D eigenvalue weighted by Crippen LogP contribution is 2.24. The molecule has 1 aliphatic heterocycles. The molecule has 5 nitrogen and oxygen atoms in total. The Bertz CT molecular complexity index is 460. The van der Waals surface area contributed by atoms with E-state index in [2.05, 4.69) is 23.2 Å². The summed E-state index contributed by atoms with van der Waals surface area (Å²) in [5, 5.41) is 22.0. The van der Waals surface area contributed by atoms with E-state index in [4.69, 9.17) is 5.26 Å². The van der Waals surface area contributed by atoms with Gasteiger partial charge in [-0.1, -0.05) is 5.92 Å². The summed E-state index contributed by atoms with van der Waals surface area (Å²) >= 11 is 0. The molecule has 1 amide bonds. The summed E-state index contributed by atoms with van der Waals surface area (Å²) in [4.78, 5) is 13.9. The standard InChI is InChI=1S/C15H21N3O2/c1-2-4-11-7-8-12(9-16)18(11)15(20)10-17-13-5-3-6-14(13)19/h11-14,17,19H,3,5-8,10H2,1H3/t11?,12?,13?,14-/m0/s1. The van der Waals surface area contributed by atoms with Gasteiger partial charge in [0.1, 0.15) is 6.04 Å². The summed E-state index contributed by atoms with van der Waals surface area (Å²) in [5.41, 5.74) is 0. The molecule has 1 aliphatic carbocycles. The number of nitrogens with zero attached hydrogens (tertiary/aromatic N) is 2. The minimum Gasteiger partial charge on any atom is -0.392 e. The predicted molar refractivity (Wildman–Crippen MR) is 74.4 cm³/mol. The fourth-order valence-electron chi connectivity index (χ4n) is 3.08. The molecule has 0 aromatic heterocycles. The number of aliphatic hydroxyl groups is 1. The van der Waals surface area contributed by atoms with E-state index in [-0.39, 0.29) is 36.7 Å². The van der Waals surface area contributed by atoms with Gasteiger partial charge in [0.2, 0.25) is 5.91 Å². The van der Waals surface area contributed by atoms with Crippen LogP contribution in [0.1, 0.15) is 39.0 Å². The monoisotopic (exact) mass is 275 g/mol. The Hall–Kier alpha value is -1.56. The number of rotatable bonds is 3. The second-order valence-corrected chi connectivity index (χ2v) is 5.42. The average Bonchev–Trinajstić information content (AvgIpc) is 3.03. The SMILES string of the molecule is CC#CC1CCC(C#N)N1C(=O)CNC1CCC[C@@H]1O. The van der Waals surface area contributed by atoms with Crippen molar-refractivity contribution in [1.82, 2.24) is 10.2 Å². The second-order valence-electron chi connectivity index (χ2n) is 5.42. The predicted octanol–water partition coefficient (Wildman–Crippen LogP) is 0.396. The van der Waals surface area contributed by atoms with Crippen molar-refractivity contribution in [3.63, 3.8) is 0 Å². The van der Waals surface area contributed by atoms with Crippen LogP contribution in [0.15, 0.2) is 0 Å². The lowest BCUT2D eigenvalue weighted by atomic mass is 10.2. The first-order valence-electron chi connectivity index (χ1n) is 7.22. The lowest BCUT2D eigenvalue weighted by Crippen LogP contribution is -2.47.